The number of para-hydroxylation sites is 1. The smallest absolute Gasteiger partial charge is 0.317 e. The van der Waals surface area contributed by atoms with Crippen LogP contribution in [0.2, 0.25) is 0 Å². The van der Waals surface area contributed by atoms with Crippen LogP contribution in [0.3, 0.4) is 0 Å². The number of rotatable bonds is 4. The molecule has 0 radical (unpaired) electrons. The number of nitrogens with one attached hydrogen (secondary N) is 1. The van der Waals surface area contributed by atoms with Gasteiger partial charge in [-0.3, -0.25) is 9.59 Å². The highest BCUT2D eigenvalue weighted by molar-refractivity contribution is 5.84. The normalized spacial score (nSPS) is 16.8. The fourth-order valence-corrected chi connectivity index (χ4v) is 4.00. The number of esters is 1. The fraction of sp³-hybridized carbons (Fsp3) is 0.318. The van der Waals surface area contributed by atoms with Crippen LogP contribution in [0, 0.1) is 5.82 Å². The summed E-state index contributed by atoms with van der Waals surface area (Å²) >= 11 is 0. The largest absolute Gasteiger partial charge is 0.454 e. The number of fused-ring (bicyclic) bond motifs is 1. The molecule has 1 heterocycles. The lowest BCUT2D eigenvalue weighted by Crippen LogP contribution is -2.35. The number of nitrogens with zero attached hydrogens (tertiary/aromatic N) is 1. The summed E-state index contributed by atoms with van der Waals surface area (Å²) in [7, 11) is 0. The number of aromatic nitrogens is 2. The van der Waals surface area contributed by atoms with Gasteiger partial charge in [-0.15, -0.1) is 0 Å². The standard InChI is InChI=1S/C22H21FN2O3/c1-14(19-24-18-10-3-2-9-17(18)20(26)25-19)28-21(27)22(11-4-5-12-22)15-7-6-8-16(23)13-15/h2-3,6-10,13-14H,4-5,11-12H2,1H3,(H,24,25,26)/t14-/m0/s1. The number of halogens is 1. The van der Waals surface area contributed by atoms with Gasteiger partial charge in [0.25, 0.3) is 5.56 Å². The minimum atomic E-state index is -0.854. The van der Waals surface area contributed by atoms with Gasteiger partial charge in [-0.2, -0.15) is 0 Å². The zero-order valence-electron chi connectivity index (χ0n) is 15.6. The summed E-state index contributed by atoms with van der Waals surface area (Å²) in [5.74, 6) is -0.478. The Kier molecular flexibility index (Phi) is 4.71. The molecule has 28 heavy (non-hydrogen) atoms. The minimum absolute atomic E-state index is 0.274. The number of hydrogen-bond donors (Lipinski definition) is 1. The molecule has 1 aromatic heterocycles. The second-order valence-electron chi connectivity index (χ2n) is 7.32. The van der Waals surface area contributed by atoms with Gasteiger partial charge in [0.2, 0.25) is 0 Å². The topological polar surface area (TPSA) is 72.0 Å². The van der Waals surface area contributed by atoms with Gasteiger partial charge in [0.05, 0.1) is 16.3 Å². The number of H-pyrrole nitrogens is 1. The second-order valence-corrected chi connectivity index (χ2v) is 7.32. The molecule has 1 saturated carbocycles. The van der Waals surface area contributed by atoms with Crippen molar-refractivity contribution in [3.8, 4) is 0 Å². The molecule has 0 saturated heterocycles. The molecule has 0 amide bonds. The Morgan fingerprint density at radius 2 is 1.93 bits per heavy atom. The van der Waals surface area contributed by atoms with E-state index >= 15 is 0 Å². The van der Waals surface area contributed by atoms with E-state index in [2.05, 4.69) is 9.97 Å². The molecule has 144 valence electrons. The first-order valence-corrected chi connectivity index (χ1v) is 9.46. The molecule has 1 aliphatic rings. The summed E-state index contributed by atoms with van der Waals surface area (Å²) in [5, 5.41) is 0.483. The maximum atomic E-state index is 13.8. The summed E-state index contributed by atoms with van der Waals surface area (Å²) in [6.45, 7) is 1.68. The Morgan fingerprint density at radius 3 is 2.68 bits per heavy atom. The third-order valence-corrected chi connectivity index (χ3v) is 5.53. The maximum absolute atomic E-state index is 13.8. The predicted molar refractivity (Wildman–Crippen MR) is 103 cm³/mol. The second kappa shape index (κ2) is 7.19. The molecule has 2 aromatic carbocycles. The summed E-state index contributed by atoms with van der Waals surface area (Å²) in [6.07, 6.45) is 2.26. The lowest BCUT2D eigenvalue weighted by molar-refractivity contribution is -0.156. The average molecular weight is 380 g/mol. The van der Waals surface area contributed by atoms with Crippen molar-refractivity contribution in [1.82, 2.24) is 9.97 Å². The van der Waals surface area contributed by atoms with Crippen LogP contribution in [0.25, 0.3) is 10.9 Å². The van der Waals surface area contributed by atoms with E-state index in [9.17, 15) is 14.0 Å². The third-order valence-electron chi connectivity index (χ3n) is 5.53. The van der Waals surface area contributed by atoms with E-state index in [1.54, 1.807) is 43.3 Å². The maximum Gasteiger partial charge on any atom is 0.317 e. The van der Waals surface area contributed by atoms with Gasteiger partial charge in [-0.05, 0) is 49.6 Å². The summed E-state index contributed by atoms with van der Waals surface area (Å²) in [5.41, 5.74) is 0.0595. The van der Waals surface area contributed by atoms with Crippen LogP contribution >= 0.6 is 0 Å². The summed E-state index contributed by atoms with van der Waals surface area (Å²) < 4.78 is 19.5. The molecule has 0 spiro atoms. The first-order valence-electron chi connectivity index (χ1n) is 9.46. The van der Waals surface area contributed by atoms with Crippen molar-refractivity contribution in [3.63, 3.8) is 0 Å². The van der Waals surface area contributed by atoms with E-state index < -0.39 is 17.5 Å². The van der Waals surface area contributed by atoms with Crippen molar-refractivity contribution in [2.24, 2.45) is 0 Å². The molecule has 1 fully saturated rings. The van der Waals surface area contributed by atoms with Crippen LogP contribution in [0.15, 0.2) is 53.3 Å². The highest BCUT2D eigenvalue weighted by atomic mass is 19.1. The molecular formula is C22H21FN2O3. The van der Waals surface area contributed by atoms with E-state index in [-0.39, 0.29) is 11.4 Å². The molecule has 1 aliphatic carbocycles. The fourth-order valence-electron chi connectivity index (χ4n) is 4.00. The average Bonchev–Trinajstić information content (AvgIpc) is 3.19. The van der Waals surface area contributed by atoms with Gasteiger partial charge in [0.15, 0.2) is 11.9 Å². The van der Waals surface area contributed by atoms with Crippen molar-refractivity contribution < 1.29 is 13.9 Å². The molecule has 3 aromatic rings. The molecule has 1 atom stereocenters. The number of benzene rings is 2. The van der Waals surface area contributed by atoms with E-state index in [0.717, 1.165) is 12.8 Å². The number of aromatic amines is 1. The van der Waals surface area contributed by atoms with Crippen LogP contribution in [-0.4, -0.2) is 15.9 Å². The number of carbonyl (C=O) groups excluding carboxylic acids is 1. The molecule has 1 N–H and O–H groups in total. The van der Waals surface area contributed by atoms with Crippen LogP contribution in [0.1, 0.15) is 50.1 Å². The zero-order chi connectivity index (χ0) is 19.7. The van der Waals surface area contributed by atoms with E-state index in [0.29, 0.717) is 35.1 Å². The van der Waals surface area contributed by atoms with Crippen LogP contribution in [0.5, 0.6) is 0 Å². The third kappa shape index (κ3) is 3.19. The number of ether oxygens (including phenoxy) is 1. The van der Waals surface area contributed by atoms with Crippen LogP contribution < -0.4 is 5.56 Å². The Bertz CT molecular complexity index is 1090. The molecule has 5 nitrogen and oxygen atoms in total. The van der Waals surface area contributed by atoms with Crippen molar-refractivity contribution >= 4 is 16.9 Å². The summed E-state index contributed by atoms with van der Waals surface area (Å²) in [6, 6.07) is 13.2. The Labute approximate surface area is 161 Å². The van der Waals surface area contributed by atoms with Gasteiger partial charge in [-0.1, -0.05) is 37.1 Å². The Hall–Kier alpha value is -3.02. The molecule has 4 rings (SSSR count). The quantitative estimate of drug-likeness (QED) is 0.689. The zero-order valence-corrected chi connectivity index (χ0v) is 15.6. The predicted octanol–water partition coefficient (Wildman–Crippen LogP) is 4.18. The molecule has 0 bridgehead atoms. The van der Waals surface area contributed by atoms with Gasteiger partial charge < -0.3 is 9.72 Å². The van der Waals surface area contributed by atoms with Crippen molar-refractivity contribution in [2.45, 2.75) is 44.1 Å². The Balaban J connectivity index is 1.64. The number of carbonyl (C=O) groups is 1. The highest BCUT2D eigenvalue weighted by Gasteiger charge is 2.45. The Morgan fingerprint density at radius 1 is 1.18 bits per heavy atom. The van der Waals surface area contributed by atoms with Crippen molar-refractivity contribution in [3.05, 3.63) is 76.1 Å². The van der Waals surface area contributed by atoms with Gasteiger partial charge in [0.1, 0.15) is 5.82 Å². The van der Waals surface area contributed by atoms with Gasteiger partial charge in [-0.25, -0.2) is 9.37 Å². The number of hydrogen-bond acceptors (Lipinski definition) is 4. The van der Waals surface area contributed by atoms with Crippen molar-refractivity contribution in [1.29, 1.82) is 0 Å². The van der Waals surface area contributed by atoms with Gasteiger partial charge >= 0.3 is 5.97 Å². The molecule has 6 heteroatoms. The van der Waals surface area contributed by atoms with E-state index in [4.69, 9.17) is 4.74 Å². The van der Waals surface area contributed by atoms with Gasteiger partial charge in [0, 0.05) is 0 Å². The highest BCUT2D eigenvalue weighted by Crippen LogP contribution is 2.43. The molecular weight excluding hydrogens is 359 g/mol. The monoisotopic (exact) mass is 380 g/mol. The van der Waals surface area contributed by atoms with Crippen LogP contribution in [-0.2, 0) is 14.9 Å². The lowest BCUT2D eigenvalue weighted by Gasteiger charge is -2.28. The SMILES string of the molecule is C[C@H](OC(=O)C1(c2cccc(F)c2)CCCC1)c1nc2ccccc2c(=O)[nH]1. The minimum Gasteiger partial charge on any atom is -0.454 e. The van der Waals surface area contributed by atoms with E-state index in [1.807, 2.05) is 0 Å². The van der Waals surface area contributed by atoms with Crippen LogP contribution in [0.4, 0.5) is 4.39 Å². The molecule has 0 aliphatic heterocycles. The van der Waals surface area contributed by atoms with E-state index in [1.165, 1.54) is 12.1 Å². The first kappa shape index (κ1) is 18.3. The first-order chi connectivity index (χ1) is 13.5. The molecule has 0 unspecified atom stereocenters. The summed E-state index contributed by atoms with van der Waals surface area (Å²) in [4.78, 5) is 32.6. The van der Waals surface area contributed by atoms with Crippen molar-refractivity contribution in [2.75, 3.05) is 0 Å². The lowest BCUT2D eigenvalue weighted by atomic mass is 9.79.